The van der Waals surface area contributed by atoms with E-state index >= 15 is 0 Å². The Labute approximate surface area is 121 Å². The standard InChI is InChI=1S/C15H10ClNO3/c1-20-13-9-6-11(7-10-13)5-8-12-3-2-4-14(16)15(12)17(18)19/h2-4,6-7,9-10H,1H3. The van der Waals surface area contributed by atoms with Crippen LogP contribution in [-0.2, 0) is 0 Å². The van der Waals surface area contributed by atoms with Gasteiger partial charge < -0.3 is 4.74 Å². The average molecular weight is 288 g/mol. The molecule has 0 aromatic heterocycles. The second-order valence-corrected chi connectivity index (χ2v) is 4.28. The van der Waals surface area contributed by atoms with Gasteiger partial charge >= 0.3 is 5.69 Å². The Morgan fingerprint density at radius 2 is 1.85 bits per heavy atom. The first-order valence-electron chi connectivity index (χ1n) is 5.71. The predicted molar refractivity (Wildman–Crippen MR) is 77.1 cm³/mol. The van der Waals surface area contributed by atoms with Gasteiger partial charge in [-0.25, -0.2) is 0 Å². The Bertz CT molecular complexity index is 699. The van der Waals surface area contributed by atoms with Crippen molar-refractivity contribution in [3.05, 3.63) is 68.7 Å². The molecule has 2 rings (SSSR count). The van der Waals surface area contributed by atoms with Crippen molar-refractivity contribution in [2.24, 2.45) is 0 Å². The van der Waals surface area contributed by atoms with Crippen LogP contribution in [0, 0.1) is 22.0 Å². The first-order chi connectivity index (χ1) is 9.61. The van der Waals surface area contributed by atoms with Crippen molar-refractivity contribution in [3.63, 3.8) is 0 Å². The first kappa shape index (κ1) is 13.9. The molecule has 0 unspecified atom stereocenters. The maximum atomic E-state index is 11.0. The number of nitrogens with zero attached hydrogens (tertiary/aromatic N) is 1. The summed E-state index contributed by atoms with van der Waals surface area (Å²) in [6.45, 7) is 0. The summed E-state index contributed by atoms with van der Waals surface area (Å²) >= 11 is 5.82. The Hall–Kier alpha value is -2.51. The van der Waals surface area contributed by atoms with Gasteiger partial charge in [-0.3, -0.25) is 10.1 Å². The SMILES string of the molecule is COc1ccc(C#Cc2cccc(Cl)c2[N+](=O)[O-])cc1. The maximum absolute atomic E-state index is 11.0. The van der Waals surface area contributed by atoms with E-state index in [0.29, 0.717) is 5.56 Å². The van der Waals surface area contributed by atoms with Gasteiger partial charge in [0.05, 0.1) is 12.0 Å². The van der Waals surface area contributed by atoms with Crippen LogP contribution in [0.2, 0.25) is 5.02 Å². The zero-order chi connectivity index (χ0) is 14.5. The summed E-state index contributed by atoms with van der Waals surface area (Å²) in [5, 5.41) is 11.1. The smallest absolute Gasteiger partial charge is 0.303 e. The Morgan fingerprint density at radius 3 is 2.45 bits per heavy atom. The third-order valence-electron chi connectivity index (χ3n) is 2.60. The molecule has 0 amide bonds. The Morgan fingerprint density at radius 1 is 1.15 bits per heavy atom. The molecule has 0 heterocycles. The molecule has 0 spiro atoms. The number of rotatable bonds is 2. The Kier molecular flexibility index (Phi) is 4.24. The van der Waals surface area contributed by atoms with Gasteiger partial charge in [-0.05, 0) is 36.4 Å². The highest BCUT2D eigenvalue weighted by Crippen LogP contribution is 2.27. The van der Waals surface area contributed by atoms with Gasteiger partial charge in [-0.15, -0.1) is 0 Å². The zero-order valence-electron chi connectivity index (χ0n) is 10.6. The monoisotopic (exact) mass is 287 g/mol. The minimum absolute atomic E-state index is 0.0801. The van der Waals surface area contributed by atoms with Gasteiger partial charge in [0, 0.05) is 5.56 Å². The van der Waals surface area contributed by atoms with Gasteiger partial charge in [-0.2, -0.15) is 0 Å². The summed E-state index contributed by atoms with van der Waals surface area (Å²) in [5.41, 5.74) is 0.855. The molecule has 0 aliphatic rings. The molecule has 0 aliphatic carbocycles. The molecule has 0 radical (unpaired) electrons. The number of benzene rings is 2. The molecule has 0 saturated heterocycles. The van der Waals surface area contributed by atoms with Crippen molar-refractivity contribution in [2.45, 2.75) is 0 Å². The van der Waals surface area contributed by atoms with Crippen molar-refractivity contribution in [1.29, 1.82) is 0 Å². The molecule has 2 aromatic carbocycles. The molecule has 2 aromatic rings. The van der Waals surface area contributed by atoms with Crippen LogP contribution in [-0.4, -0.2) is 12.0 Å². The van der Waals surface area contributed by atoms with Gasteiger partial charge in [0.25, 0.3) is 0 Å². The lowest BCUT2D eigenvalue weighted by atomic mass is 10.1. The minimum Gasteiger partial charge on any atom is -0.497 e. The summed E-state index contributed by atoms with van der Waals surface area (Å²) in [5.74, 6) is 6.36. The fourth-order valence-corrected chi connectivity index (χ4v) is 1.86. The van der Waals surface area contributed by atoms with E-state index in [2.05, 4.69) is 11.8 Å². The van der Waals surface area contributed by atoms with E-state index in [-0.39, 0.29) is 10.7 Å². The van der Waals surface area contributed by atoms with Crippen LogP contribution in [0.4, 0.5) is 5.69 Å². The number of halogens is 1. The number of hydrogen-bond acceptors (Lipinski definition) is 3. The second kappa shape index (κ2) is 6.09. The van der Waals surface area contributed by atoms with Crippen LogP contribution in [0.15, 0.2) is 42.5 Å². The zero-order valence-corrected chi connectivity index (χ0v) is 11.3. The van der Waals surface area contributed by atoms with E-state index < -0.39 is 4.92 Å². The van der Waals surface area contributed by atoms with Crippen molar-refractivity contribution in [3.8, 4) is 17.6 Å². The lowest BCUT2D eigenvalue weighted by Gasteiger charge is -1.98. The number of hydrogen-bond donors (Lipinski definition) is 0. The third-order valence-corrected chi connectivity index (χ3v) is 2.91. The van der Waals surface area contributed by atoms with Gasteiger partial charge in [-0.1, -0.05) is 29.5 Å². The number of methoxy groups -OCH3 is 1. The number of para-hydroxylation sites is 1. The summed E-state index contributed by atoms with van der Waals surface area (Å²) < 4.78 is 5.04. The summed E-state index contributed by atoms with van der Waals surface area (Å²) in [6, 6.07) is 11.8. The molecule has 0 atom stereocenters. The normalized spacial score (nSPS) is 9.50. The van der Waals surface area contributed by atoms with Crippen LogP contribution >= 0.6 is 11.6 Å². The second-order valence-electron chi connectivity index (χ2n) is 3.87. The highest BCUT2D eigenvalue weighted by atomic mass is 35.5. The largest absolute Gasteiger partial charge is 0.497 e. The van der Waals surface area contributed by atoms with E-state index in [9.17, 15) is 10.1 Å². The molecular weight excluding hydrogens is 278 g/mol. The van der Waals surface area contributed by atoms with Crippen LogP contribution in [0.25, 0.3) is 0 Å². The molecule has 20 heavy (non-hydrogen) atoms. The quantitative estimate of drug-likeness (QED) is 0.481. The molecule has 4 nitrogen and oxygen atoms in total. The number of nitro groups is 1. The fourth-order valence-electron chi connectivity index (χ4n) is 1.62. The van der Waals surface area contributed by atoms with E-state index in [0.717, 1.165) is 11.3 Å². The lowest BCUT2D eigenvalue weighted by Crippen LogP contribution is -1.93. The van der Waals surface area contributed by atoms with Gasteiger partial charge in [0.15, 0.2) is 0 Å². The highest BCUT2D eigenvalue weighted by Gasteiger charge is 2.16. The van der Waals surface area contributed by atoms with E-state index in [1.807, 2.05) is 0 Å². The summed E-state index contributed by atoms with van der Waals surface area (Å²) in [6.07, 6.45) is 0. The first-order valence-corrected chi connectivity index (χ1v) is 6.08. The number of ether oxygens (including phenoxy) is 1. The van der Waals surface area contributed by atoms with Crippen molar-refractivity contribution in [1.82, 2.24) is 0 Å². The maximum Gasteiger partial charge on any atom is 0.303 e. The van der Waals surface area contributed by atoms with Crippen LogP contribution < -0.4 is 4.74 Å². The minimum atomic E-state index is -0.527. The molecule has 0 fully saturated rings. The van der Waals surface area contributed by atoms with E-state index in [1.54, 1.807) is 43.5 Å². The average Bonchev–Trinajstić information content (AvgIpc) is 2.45. The highest BCUT2D eigenvalue weighted by molar-refractivity contribution is 6.32. The summed E-state index contributed by atoms with van der Waals surface area (Å²) in [7, 11) is 1.58. The molecular formula is C15H10ClNO3. The van der Waals surface area contributed by atoms with Crippen LogP contribution in [0.3, 0.4) is 0 Å². The molecule has 0 aliphatic heterocycles. The van der Waals surface area contributed by atoms with Crippen molar-refractivity contribution in [2.75, 3.05) is 7.11 Å². The number of nitro benzene ring substituents is 1. The van der Waals surface area contributed by atoms with Crippen molar-refractivity contribution < 1.29 is 9.66 Å². The van der Waals surface area contributed by atoms with Gasteiger partial charge in [0.1, 0.15) is 16.3 Å². The van der Waals surface area contributed by atoms with E-state index in [4.69, 9.17) is 16.3 Å². The Balaban J connectivity index is 2.37. The molecule has 0 bridgehead atoms. The topological polar surface area (TPSA) is 52.4 Å². The molecule has 0 saturated carbocycles. The van der Waals surface area contributed by atoms with E-state index in [1.165, 1.54) is 6.07 Å². The van der Waals surface area contributed by atoms with Gasteiger partial charge in [0.2, 0.25) is 0 Å². The lowest BCUT2D eigenvalue weighted by molar-refractivity contribution is -0.385. The molecule has 100 valence electrons. The van der Waals surface area contributed by atoms with Crippen molar-refractivity contribution >= 4 is 17.3 Å². The molecule has 0 N–H and O–H groups in total. The fraction of sp³-hybridized carbons (Fsp3) is 0.0667. The molecule has 5 heteroatoms. The van der Waals surface area contributed by atoms with Crippen LogP contribution in [0.5, 0.6) is 5.75 Å². The third kappa shape index (κ3) is 3.08. The van der Waals surface area contributed by atoms with Crippen LogP contribution in [0.1, 0.15) is 11.1 Å². The predicted octanol–water partition coefficient (Wildman–Crippen LogP) is 3.66. The summed E-state index contributed by atoms with van der Waals surface area (Å²) in [4.78, 5) is 10.4.